The fourth-order valence-electron chi connectivity index (χ4n) is 3.83. The molecule has 2 rings (SSSR count). The molecule has 2 N–H and O–H groups in total. The average molecular weight is 448 g/mol. The number of carbonyl (C=O) groups is 2. The molecule has 0 aliphatic carbocycles. The number of hydrogen-bond donors (Lipinski definition) is 2. The molecule has 7 heteroatoms. The summed E-state index contributed by atoms with van der Waals surface area (Å²) in [5.41, 5.74) is 4.74. The normalized spacial score (nSPS) is 10.8. The van der Waals surface area contributed by atoms with Crippen molar-refractivity contribution in [1.82, 2.24) is 0 Å². The molecule has 0 saturated carbocycles. The summed E-state index contributed by atoms with van der Waals surface area (Å²) in [6, 6.07) is 11.4. The number of methoxy groups -OCH3 is 1. The largest absolute Gasteiger partial charge is 1.00 e. The van der Waals surface area contributed by atoms with Crippen LogP contribution >= 0.6 is 0 Å². The number of benzene rings is 2. The average Bonchev–Trinajstić information content (AvgIpc) is 2.70. The number of halogens is 1. The quantitative estimate of drug-likeness (QED) is 0.565. The Morgan fingerprint density at radius 3 is 1.94 bits per heavy atom. The van der Waals surface area contributed by atoms with Gasteiger partial charge in [0.1, 0.15) is 5.75 Å². The number of carbonyl (C=O) groups excluding carboxylic acids is 2. The zero-order valence-electron chi connectivity index (χ0n) is 19.3. The van der Waals surface area contributed by atoms with E-state index in [2.05, 4.69) is 22.8 Å². The molecule has 170 valence electrons. The summed E-state index contributed by atoms with van der Waals surface area (Å²) < 4.78 is 5.68. The van der Waals surface area contributed by atoms with E-state index in [9.17, 15) is 9.59 Å². The van der Waals surface area contributed by atoms with Crippen molar-refractivity contribution in [2.24, 2.45) is 0 Å². The molecule has 0 spiro atoms. The van der Waals surface area contributed by atoms with E-state index in [1.807, 2.05) is 46.8 Å². The summed E-state index contributed by atoms with van der Waals surface area (Å²) in [4.78, 5) is 25.7. The number of amides is 2. The van der Waals surface area contributed by atoms with Crippen molar-refractivity contribution in [1.29, 1.82) is 0 Å². The van der Waals surface area contributed by atoms with Crippen LogP contribution < -0.4 is 27.8 Å². The third kappa shape index (κ3) is 6.97. The summed E-state index contributed by atoms with van der Waals surface area (Å²) in [6.45, 7) is 11.9. The second-order valence-corrected chi connectivity index (χ2v) is 7.86. The van der Waals surface area contributed by atoms with E-state index in [1.54, 1.807) is 19.2 Å². The molecular formula is C24H34ClN3O3. The van der Waals surface area contributed by atoms with Gasteiger partial charge in [-0.2, -0.15) is 0 Å². The molecule has 31 heavy (non-hydrogen) atoms. The number of likely N-dealkylation sites (N-methyl/N-ethyl adjacent to an activating group) is 1. The van der Waals surface area contributed by atoms with E-state index < -0.39 is 0 Å². The SMILES string of the molecule is CC[N+](CC)(CC(=O)Nc1ccccc1OC)CC(=O)Nc1c(C)cc(C)cc1C.[Cl-]. The van der Waals surface area contributed by atoms with Gasteiger partial charge in [0.25, 0.3) is 11.8 Å². The van der Waals surface area contributed by atoms with Gasteiger partial charge < -0.3 is 32.3 Å². The fraction of sp³-hybridized carbons (Fsp3) is 0.417. The van der Waals surface area contributed by atoms with Gasteiger partial charge in [0, 0.05) is 5.69 Å². The number of rotatable bonds is 9. The summed E-state index contributed by atoms with van der Waals surface area (Å²) in [6.07, 6.45) is 0. The molecule has 2 aromatic carbocycles. The van der Waals surface area contributed by atoms with Crippen molar-refractivity contribution in [3.8, 4) is 5.75 Å². The summed E-state index contributed by atoms with van der Waals surface area (Å²) in [5, 5.41) is 5.99. The Kier molecular flexibility index (Phi) is 10.0. The first-order chi connectivity index (χ1) is 14.2. The molecule has 2 aromatic rings. The maximum absolute atomic E-state index is 12.9. The molecule has 0 aromatic heterocycles. The first-order valence-electron chi connectivity index (χ1n) is 10.4. The molecule has 0 aliphatic heterocycles. The Balaban J connectivity index is 0.00000480. The van der Waals surface area contributed by atoms with E-state index in [0.717, 1.165) is 16.8 Å². The highest BCUT2D eigenvalue weighted by molar-refractivity contribution is 5.95. The molecule has 0 atom stereocenters. The van der Waals surface area contributed by atoms with Crippen LogP contribution in [0.2, 0.25) is 0 Å². The Hall–Kier alpha value is -2.57. The predicted octanol–water partition coefficient (Wildman–Crippen LogP) is 1.06. The predicted molar refractivity (Wildman–Crippen MR) is 122 cm³/mol. The van der Waals surface area contributed by atoms with Gasteiger partial charge in [-0.05, 0) is 57.9 Å². The van der Waals surface area contributed by atoms with Crippen LogP contribution in [0.4, 0.5) is 11.4 Å². The van der Waals surface area contributed by atoms with Crippen LogP contribution in [0.3, 0.4) is 0 Å². The number of nitrogens with zero attached hydrogens (tertiary/aromatic N) is 1. The number of quaternary nitrogens is 1. The fourth-order valence-corrected chi connectivity index (χ4v) is 3.83. The lowest BCUT2D eigenvalue weighted by Gasteiger charge is -2.35. The lowest BCUT2D eigenvalue weighted by Crippen LogP contribution is -3.00. The zero-order valence-corrected chi connectivity index (χ0v) is 20.1. The van der Waals surface area contributed by atoms with Crippen molar-refractivity contribution in [2.45, 2.75) is 34.6 Å². The van der Waals surface area contributed by atoms with Gasteiger partial charge in [-0.3, -0.25) is 9.59 Å². The van der Waals surface area contributed by atoms with Crippen LogP contribution in [0.25, 0.3) is 0 Å². The van der Waals surface area contributed by atoms with E-state index in [1.165, 1.54) is 5.56 Å². The first-order valence-corrected chi connectivity index (χ1v) is 10.4. The molecule has 0 aliphatic rings. The molecule has 2 amide bonds. The van der Waals surface area contributed by atoms with Crippen LogP contribution in [-0.2, 0) is 9.59 Å². The van der Waals surface area contributed by atoms with E-state index in [0.29, 0.717) is 29.0 Å². The molecule has 0 fully saturated rings. The number of nitrogens with one attached hydrogen (secondary N) is 2. The second-order valence-electron chi connectivity index (χ2n) is 7.86. The van der Waals surface area contributed by atoms with Gasteiger partial charge in [-0.25, -0.2) is 0 Å². The van der Waals surface area contributed by atoms with Crippen LogP contribution in [0.5, 0.6) is 5.75 Å². The van der Waals surface area contributed by atoms with E-state index in [4.69, 9.17) is 4.74 Å². The van der Waals surface area contributed by atoms with Crippen molar-refractivity contribution >= 4 is 23.2 Å². The zero-order chi connectivity index (χ0) is 22.3. The van der Waals surface area contributed by atoms with Gasteiger partial charge in [-0.15, -0.1) is 0 Å². The molecule has 0 bridgehead atoms. The third-order valence-electron chi connectivity index (χ3n) is 5.62. The van der Waals surface area contributed by atoms with Crippen LogP contribution in [0.15, 0.2) is 36.4 Å². The maximum atomic E-state index is 12.9. The number of aryl methyl sites for hydroxylation is 3. The van der Waals surface area contributed by atoms with Crippen molar-refractivity contribution in [3.63, 3.8) is 0 Å². The van der Waals surface area contributed by atoms with Crippen molar-refractivity contribution in [2.75, 3.05) is 43.9 Å². The molecule has 0 heterocycles. The van der Waals surface area contributed by atoms with E-state index >= 15 is 0 Å². The van der Waals surface area contributed by atoms with Crippen molar-refractivity contribution in [3.05, 3.63) is 53.1 Å². The molecule has 0 saturated heterocycles. The van der Waals surface area contributed by atoms with Gasteiger partial charge in [0.05, 0.1) is 25.9 Å². The second kappa shape index (κ2) is 11.7. The number of ether oxygens (including phenoxy) is 1. The highest BCUT2D eigenvalue weighted by atomic mass is 35.5. The minimum absolute atomic E-state index is 0. The Labute approximate surface area is 192 Å². The Morgan fingerprint density at radius 2 is 1.42 bits per heavy atom. The Morgan fingerprint density at radius 1 is 0.903 bits per heavy atom. The lowest BCUT2D eigenvalue weighted by atomic mass is 10.1. The van der Waals surface area contributed by atoms with Crippen LogP contribution in [0.1, 0.15) is 30.5 Å². The highest BCUT2D eigenvalue weighted by Crippen LogP contribution is 2.24. The molecular weight excluding hydrogens is 414 g/mol. The summed E-state index contributed by atoms with van der Waals surface area (Å²) in [7, 11) is 1.57. The molecule has 6 nitrogen and oxygen atoms in total. The monoisotopic (exact) mass is 447 g/mol. The first kappa shape index (κ1) is 26.5. The lowest BCUT2D eigenvalue weighted by molar-refractivity contribution is -0.909. The Bertz CT molecular complexity index is 888. The van der Waals surface area contributed by atoms with Gasteiger partial charge in [0.15, 0.2) is 13.1 Å². The van der Waals surface area contributed by atoms with E-state index in [-0.39, 0.29) is 37.3 Å². The molecule has 0 unspecified atom stereocenters. The minimum Gasteiger partial charge on any atom is -1.00 e. The summed E-state index contributed by atoms with van der Waals surface area (Å²) in [5.74, 6) is 0.387. The maximum Gasteiger partial charge on any atom is 0.279 e. The minimum atomic E-state index is -0.140. The number of para-hydroxylation sites is 2. The van der Waals surface area contributed by atoms with Crippen LogP contribution in [-0.4, -0.2) is 49.6 Å². The highest BCUT2D eigenvalue weighted by Gasteiger charge is 2.30. The van der Waals surface area contributed by atoms with Gasteiger partial charge in [-0.1, -0.05) is 29.8 Å². The van der Waals surface area contributed by atoms with Crippen molar-refractivity contribution < 1.29 is 31.2 Å². The topological polar surface area (TPSA) is 67.4 Å². The molecule has 0 radical (unpaired) electrons. The third-order valence-corrected chi connectivity index (χ3v) is 5.62. The standard InChI is InChI=1S/C24H33N3O3.ClH/c1-7-27(8-2,15-22(28)25-20-11-9-10-12-21(20)30-6)16-23(29)26-24-18(4)13-17(3)14-19(24)5;/h9-14H,7-8,15-16H2,1-6H3,(H-,25,26,28,29);1H. The number of anilines is 2. The van der Waals surface area contributed by atoms with Gasteiger partial charge in [0.2, 0.25) is 0 Å². The smallest absolute Gasteiger partial charge is 0.279 e. The summed E-state index contributed by atoms with van der Waals surface area (Å²) >= 11 is 0. The number of hydrogen-bond acceptors (Lipinski definition) is 3. The van der Waals surface area contributed by atoms with Crippen LogP contribution in [0, 0.1) is 20.8 Å². The van der Waals surface area contributed by atoms with Gasteiger partial charge >= 0.3 is 0 Å².